The number of rotatable bonds is 4. The van der Waals surface area contributed by atoms with Gasteiger partial charge >= 0.3 is 0 Å². The second-order valence-corrected chi connectivity index (χ2v) is 9.08. The Hall–Kier alpha value is -2.94. The molecule has 2 bridgehead atoms. The molecular weight excluding hydrogens is 392 g/mol. The van der Waals surface area contributed by atoms with Gasteiger partial charge in [0.05, 0.1) is 30.8 Å². The second kappa shape index (κ2) is 7.64. The molecule has 3 heterocycles. The Bertz CT molecular complexity index is 1010. The quantitative estimate of drug-likeness (QED) is 0.745. The molecule has 4 aliphatic rings. The molecule has 1 aromatic carbocycles. The lowest BCUT2D eigenvalue weighted by Crippen LogP contribution is -2.56. The zero-order valence-electron chi connectivity index (χ0n) is 17.4. The van der Waals surface area contributed by atoms with Crippen molar-refractivity contribution in [3.05, 3.63) is 40.7 Å². The molecule has 160 valence electrons. The minimum absolute atomic E-state index is 0.0794. The van der Waals surface area contributed by atoms with E-state index < -0.39 is 6.04 Å². The number of nitrogens with zero attached hydrogens (tertiary/aromatic N) is 5. The maximum atomic E-state index is 13.3. The first-order valence-electron chi connectivity index (χ1n) is 11.0. The van der Waals surface area contributed by atoms with E-state index in [1.54, 1.807) is 4.90 Å². The van der Waals surface area contributed by atoms with Crippen LogP contribution in [0.2, 0.25) is 0 Å². The van der Waals surface area contributed by atoms with Crippen molar-refractivity contribution >= 4 is 17.5 Å². The third kappa shape index (κ3) is 3.18. The van der Waals surface area contributed by atoms with Crippen LogP contribution in [0.3, 0.4) is 0 Å². The van der Waals surface area contributed by atoms with Crippen molar-refractivity contribution in [2.24, 2.45) is 5.73 Å². The zero-order valence-corrected chi connectivity index (χ0v) is 17.4. The van der Waals surface area contributed by atoms with Crippen LogP contribution in [0.5, 0.6) is 0 Å². The molecule has 2 N–H and O–H groups in total. The van der Waals surface area contributed by atoms with E-state index in [0.717, 1.165) is 32.2 Å². The highest BCUT2D eigenvalue weighted by molar-refractivity contribution is 5.87. The highest BCUT2D eigenvalue weighted by Crippen LogP contribution is 2.44. The Morgan fingerprint density at radius 3 is 2.94 bits per heavy atom. The van der Waals surface area contributed by atoms with Crippen molar-refractivity contribution in [1.82, 2.24) is 14.7 Å². The molecule has 31 heavy (non-hydrogen) atoms. The van der Waals surface area contributed by atoms with Gasteiger partial charge in [-0.05, 0) is 37.7 Å². The Labute approximate surface area is 182 Å². The largest absolute Gasteiger partial charge is 0.330 e. The Balaban J connectivity index is 1.25. The number of carbonyl (C=O) groups is 2. The molecule has 0 saturated carbocycles. The number of hydrogen-bond donors (Lipinski definition) is 1. The van der Waals surface area contributed by atoms with Gasteiger partial charge in [0.15, 0.2) is 5.69 Å². The molecule has 8 heteroatoms. The Morgan fingerprint density at radius 2 is 2.19 bits per heavy atom. The molecule has 5 atom stereocenters. The molecule has 2 amide bonds. The number of nitriles is 1. The summed E-state index contributed by atoms with van der Waals surface area (Å²) in [6, 6.07) is 6.89. The van der Waals surface area contributed by atoms with Gasteiger partial charge < -0.3 is 15.5 Å². The van der Waals surface area contributed by atoms with Crippen LogP contribution in [0.25, 0.3) is 4.85 Å². The van der Waals surface area contributed by atoms with Crippen LogP contribution < -0.4 is 5.73 Å². The van der Waals surface area contributed by atoms with Gasteiger partial charge in [-0.2, -0.15) is 5.26 Å². The van der Waals surface area contributed by atoms with Crippen LogP contribution in [-0.4, -0.2) is 70.3 Å². The van der Waals surface area contributed by atoms with Gasteiger partial charge in [-0.25, -0.2) is 4.85 Å². The molecular formula is C23H26N6O2. The Morgan fingerprint density at radius 1 is 1.35 bits per heavy atom. The van der Waals surface area contributed by atoms with Crippen LogP contribution in [0, 0.1) is 17.9 Å². The van der Waals surface area contributed by atoms with E-state index >= 15 is 0 Å². The molecule has 0 spiro atoms. The summed E-state index contributed by atoms with van der Waals surface area (Å²) in [4.78, 5) is 35.2. The minimum atomic E-state index is -0.714. The summed E-state index contributed by atoms with van der Waals surface area (Å²) >= 11 is 0. The summed E-state index contributed by atoms with van der Waals surface area (Å²) in [6.07, 6.45) is 4.10. The van der Waals surface area contributed by atoms with E-state index in [1.165, 1.54) is 11.1 Å². The molecule has 5 rings (SSSR count). The normalized spacial score (nSPS) is 30.4. The summed E-state index contributed by atoms with van der Waals surface area (Å²) in [5, 5.41) is 9.24. The SMILES string of the molecule is [C-]#[N+]c1ccc2c(c1)CC[C@H]2N1C(=O)[C@H]2CC1CN2C[C@H](N)C(=O)N1CCC[C@H]1C#N. The number of fused-ring (bicyclic) bond motifs is 3. The van der Waals surface area contributed by atoms with Crippen molar-refractivity contribution in [2.45, 2.75) is 62.3 Å². The molecule has 3 fully saturated rings. The van der Waals surface area contributed by atoms with E-state index in [4.69, 9.17) is 12.3 Å². The number of piperazine rings is 1. The van der Waals surface area contributed by atoms with Crippen molar-refractivity contribution in [1.29, 1.82) is 5.26 Å². The van der Waals surface area contributed by atoms with Crippen LogP contribution in [0.15, 0.2) is 18.2 Å². The van der Waals surface area contributed by atoms with E-state index in [-0.39, 0.29) is 36.0 Å². The van der Waals surface area contributed by atoms with Gasteiger partial charge in [-0.15, -0.1) is 0 Å². The molecule has 1 aromatic rings. The standard InChI is InChI=1S/C23H26N6O2/c1-26-15-5-6-18-14(9-15)4-7-20(18)29-17-10-21(23(29)31)27(12-17)13-19(25)22(30)28-8-2-3-16(28)11-24/h5-6,9,16-17,19-21H,2-4,7-8,10,12-13,25H2/t16-,17?,19-,20+,21+/m0/s1. The summed E-state index contributed by atoms with van der Waals surface area (Å²) in [7, 11) is 0. The topological polar surface area (TPSA) is 98.0 Å². The van der Waals surface area contributed by atoms with E-state index in [2.05, 4.69) is 15.8 Å². The molecule has 8 nitrogen and oxygen atoms in total. The fourth-order valence-corrected chi connectivity index (χ4v) is 5.95. The van der Waals surface area contributed by atoms with Crippen LogP contribution in [-0.2, 0) is 16.0 Å². The molecule has 3 saturated heterocycles. The van der Waals surface area contributed by atoms with Crippen LogP contribution in [0.1, 0.15) is 42.9 Å². The van der Waals surface area contributed by atoms with E-state index in [9.17, 15) is 14.9 Å². The third-order valence-corrected chi connectivity index (χ3v) is 7.39. The average molecular weight is 419 g/mol. The van der Waals surface area contributed by atoms with Gasteiger partial charge in [-0.1, -0.05) is 23.8 Å². The number of benzene rings is 1. The smallest absolute Gasteiger partial charge is 0.241 e. The molecule has 3 aliphatic heterocycles. The van der Waals surface area contributed by atoms with E-state index in [0.29, 0.717) is 25.2 Å². The molecule has 1 aliphatic carbocycles. The maximum absolute atomic E-state index is 13.3. The van der Waals surface area contributed by atoms with Crippen molar-refractivity contribution in [3.63, 3.8) is 0 Å². The minimum Gasteiger partial charge on any atom is -0.330 e. The fraction of sp³-hybridized carbons (Fsp3) is 0.565. The van der Waals surface area contributed by atoms with Crippen LogP contribution >= 0.6 is 0 Å². The zero-order chi connectivity index (χ0) is 21.7. The number of carbonyl (C=O) groups excluding carboxylic acids is 2. The van der Waals surface area contributed by atoms with Gasteiger partial charge in [0.25, 0.3) is 0 Å². The van der Waals surface area contributed by atoms with Gasteiger partial charge in [0.1, 0.15) is 6.04 Å². The van der Waals surface area contributed by atoms with Gasteiger partial charge in [0, 0.05) is 25.7 Å². The first-order valence-corrected chi connectivity index (χ1v) is 11.0. The lowest BCUT2D eigenvalue weighted by atomic mass is 10.0. The van der Waals surface area contributed by atoms with Crippen LogP contribution in [0.4, 0.5) is 5.69 Å². The predicted octanol–water partition coefficient (Wildman–Crippen LogP) is 1.35. The van der Waals surface area contributed by atoms with Crippen molar-refractivity contribution in [3.8, 4) is 6.07 Å². The molecule has 1 unspecified atom stereocenters. The summed E-state index contributed by atoms with van der Waals surface area (Å²) in [5.74, 6) is -0.0597. The van der Waals surface area contributed by atoms with Gasteiger partial charge in [-0.3, -0.25) is 14.5 Å². The number of hydrogen-bond acceptors (Lipinski definition) is 5. The number of aryl methyl sites for hydroxylation is 1. The van der Waals surface area contributed by atoms with Crippen molar-refractivity contribution < 1.29 is 9.59 Å². The predicted molar refractivity (Wildman–Crippen MR) is 113 cm³/mol. The average Bonchev–Trinajstić information content (AvgIpc) is 3.55. The third-order valence-electron chi connectivity index (χ3n) is 7.39. The monoisotopic (exact) mass is 418 g/mol. The molecule has 0 aromatic heterocycles. The Kier molecular flexibility index (Phi) is 4.92. The molecule has 0 radical (unpaired) electrons. The fourth-order valence-electron chi connectivity index (χ4n) is 5.95. The number of amides is 2. The van der Waals surface area contributed by atoms with E-state index in [1.807, 2.05) is 23.1 Å². The second-order valence-electron chi connectivity index (χ2n) is 9.08. The lowest BCUT2D eigenvalue weighted by molar-refractivity contribution is -0.141. The number of nitrogens with two attached hydrogens (primary N) is 1. The highest BCUT2D eigenvalue weighted by atomic mass is 16.2. The maximum Gasteiger partial charge on any atom is 0.241 e. The summed E-state index contributed by atoms with van der Waals surface area (Å²) < 4.78 is 0. The number of likely N-dealkylation sites (tertiary alicyclic amines) is 3. The first-order chi connectivity index (χ1) is 15.0. The summed E-state index contributed by atoms with van der Waals surface area (Å²) in [6.45, 7) is 8.87. The van der Waals surface area contributed by atoms with Crippen molar-refractivity contribution in [2.75, 3.05) is 19.6 Å². The lowest BCUT2D eigenvalue weighted by Gasteiger charge is -2.38. The first kappa shape index (κ1) is 20.0. The highest BCUT2D eigenvalue weighted by Gasteiger charge is 2.53. The summed E-state index contributed by atoms with van der Waals surface area (Å²) in [5.41, 5.74) is 9.22. The van der Waals surface area contributed by atoms with Gasteiger partial charge in [0.2, 0.25) is 11.8 Å².